The Bertz CT molecular complexity index is 1580. The van der Waals surface area contributed by atoms with Gasteiger partial charge in [-0.05, 0) is 111 Å². The summed E-state index contributed by atoms with van der Waals surface area (Å²) in [6, 6.07) is 8.76. The summed E-state index contributed by atoms with van der Waals surface area (Å²) < 4.78 is 21.1. The number of carbonyl (C=O) groups excluding carboxylic acids is 1. The minimum atomic E-state index is -0.706. The van der Waals surface area contributed by atoms with Gasteiger partial charge in [-0.15, -0.1) is 0 Å². The van der Waals surface area contributed by atoms with E-state index in [1.165, 1.54) is 11.3 Å². The molecule has 1 atom stereocenters. The first-order valence-electron chi connectivity index (χ1n) is 10.8. The second-order valence-electron chi connectivity index (χ2n) is 7.71. The zero-order valence-electron chi connectivity index (χ0n) is 19.7. The lowest BCUT2D eigenvalue weighted by atomic mass is 9.96. The first kappa shape index (κ1) is 27.3. The summed E-state index contributed by atoms with van der Waals surface area (Å²) in [5, 5.41) is 0. The summed E-state index contributed by atoms with van der Waals surface area (Å²) in [5.41, 5.74) is 2.12. The van der Waals surface area contributed by atoms with Crippen LogP contribution in [0.1, 0.15) is 31.0 Å². The number of fused-ring (bicyclic) bond motifs is 1. The summed E-state index contributed by atoms with van der Waals surface area (Å²) in [7, 11) is 3.19. The normalized spacial score (nSPS) is 15.4. The number of thiazole rings is 1. The van der Waals surface area contributed by atoms with Crippen LogP contribution in [0.25, 0.3) is 6.08 Å². The number of nitrogens with zero attached hydrogens (tertiary/aromatic N) is 2. The smallest absolute Gasteiger partial charge is 0.338 e. The molecule has 0 N–H and O–H groups in total. The van der Waals surface area contributed by atoms with Crippen molar-refractivity contribution < 1.29 is 19.0 Å². The van der Waals surface area contributed by atoms with Crippen LogP contribution in [-0.2, 0) is 9.53 Å². The molecule has 1 aromatic heterocycles. The second kappa shape index (κ2) is 11.4. The fraction of sp³-hybridized carbons (Fsp3) is 0.240. The van der Waals surface area contributed by atoms with Gasteiger partial charge in [-0.3, -0.25) is 9.36 Å². The SMILES string of the molecule is CCOC(=O)C1=C(C)N=c2s/c(=C/c3cc(I)cc(I)c3OC)c(=O)n2[C@@H]1c1ccc(OC)c(Br)c1. The number of halogens is 3. The van der Waals surface area contributed by atoms with Gasteiger partial charge in [0.1, 0.15) is 11.5 Å². The van der Waals surface area contributed by atoms with E-state index in [4.69, 9.17) is 14.2 Å². The van der Waals surface area contributed by atoms with Gasteiger partial charge in [0.15, 0.2) is 4.80 Å². The Labute approximate surface area is 247 Å². The third kappa shape index (κ3) is 5.16. The van der Waals surface area contributed by atoms with Gasteiger partial charge < -0.3 is 14.2 Å². The average Bonchev–Trinajstić information content (AvgIpc) is 3.12. The third-order valence-corrected chi connectivity index (χ3v) is 8.56. The molecule has 0 radical (unpaired) electrons. The number of esters is 1. The van der Waals surface area contributed by atoms with Crippen molar-refractivity contribution in [2.24, 2.45) is 4.99 Å². The number of rotatable bonds is 6. The maximum atomic E-state index is 13.8. The number of ether oxygens (including phenoxy) is 3. The summed E-state index contributed by atoms with van der Waals surface area (Å²) in [6.45, 7) is 3.72. The Balaban J connectivity index is 2.00. The monoisotopic (exact) mass is 794 g/mol. The molecule has 0 fully saturated rings. The Hall–Kier alpha value is -1.71. The molecule has 0 amide bonds. The first-order chi connectivity index (χ1) is 17.2. The summed E-state index contributed by atoms with van der Waals surface area (Å²) >= 11 is 9.26. The van der Waals surface area contributed by atoms with Crippen molar-refractivity contribution in [3.8, 4) is 11.5 Å². The molecule has 188 valence electrons. The summed E-state index contributed by atoms with van der Waals surface area (Å²) in [5.74, 6) is 0.838. The van der Waals surface area contributed by atoms with Crippen LogP contribution in [0.2, 0.25) is 0 Å². The Morgan fingerprint density at radius 1 is 1.22 bits per heavy atom. The number of aromatic nitrogens is 1. The van der Waals surface area contributed by atoms with Gasteiger partial charge in [-0.2, -0.15) is 0 Å². The molecule has 0 bridgehead atoms. The third-order valence-electron chi connectivity index (χ3n) is 5.54. The number of allylic oxidation sites excluding steroid dienone is 1. The van der Waals surface area contributed by atoms with E-state index in [1.54, 1.807) is 38.7 Å². The predicted octanol–water partition coefficient (Wildman–Crippen LogP) is 4.79. The van der Waals surface area contributed by atoms with E-state index in [-0.39, 0.29) is 12.2 Å². The maximum absolute atomic E-state index is 13.8. The van der Waals surface area contributed by atoms with E-state index < -0.39 is 12.0 Å². The topological polar surface area (TPSA) is 79.1 Å². The average molecular weight is 795 g/mol. The molecule has 2 aromatic carbocycles. The van der Waals surface area contributed by atoms with Gasteiger partial charge >= 0.3 is 5.97 Å². The molecule has 0 unspecified atom stereocenters. The number of carbonyl (C=O) groups is 1. The van der Waals surface area contributed by atoms with Crippen molar-refractivity contribution in [2.45, 2.75) is 19.9 Å². The molecular weight excluding hydrogens is 774 g/mol. The van der Waals surface area contributed by atoms with Gasteiger partial charge in [0.25, 0.3) is 5.56 Å². The fourth-order valence-electron chi connectivity index (χ4n) is 4.00. The van der Waals surface area contributed by atoms with E-state index in [0.717, 1.165) is 18.3 Å². The highest BCUT2D eigenvalue weighted by Crippen LogP contribution is 2.35. The number of hydrogen-bond donors (Lipinski definition) is 0. The first-order valence-corrected chi connectivity index (χ1v) is 14.5. The Kier molecular flexibility index (Phi) is 8.62. The number of benzene rings is 2. The van der Waals surface area contributed by atoms with Crippen LogP contribution >= 0.6 is 72.4 Å². The molecule has 3 aromatic rings. The molecule has 0 saturated heterocycles. The highest BCUT2D eigenvalue weighted by molar-refractivity contribution is 14.1. The Morgan fingerprint density at radius 2 is 1.97 bits per heavy atom. The van der Waals surface area contributed by atoms with Crippen LogP contribution in [0, 0.1) is 7.14 Å². The van der Waals surface area contributed by atoms with Gasteiger partial charge in [0, 0.05) is 9.13 Å². The lowest BCUT2D eigenvalue weighted by Gasteiger charge is -2.25. The van der Waals surface area contributed by atoms with Crippen molar-refractivity contribution in [2.75, 3.05) is 20.8 Å². The van der Waals surface area contributed by atoms with Gasteiger partial charge in [0.2, 0.25) is 0 Å². The van der Waals surface area contributed by atoms with Crippen molar-refractivity contribution in [1.82, 2.24) is 4.57 Å². The molecule has 36 heavy (non-hydrogen) atoms. The standard InChI is InChI=1S/C25H21BrI2N2O5S/c1-5-35-24(32)20-12(2)29-25-30(21(20)13-6-7-18(33-3)16(26)9-13)23(31)19(36-25)10-14-8-15(27)11-17(28)22(14)34-4/h6-11,21H,5H2,1-4H3/b19-10+/t21-/m1/s1. The molecule has 4 rings (SSSR count). The van der Waals surface area contributed by atoms with Crippen molar-refractivity contribution in [3.63, 3.8) is 0 Å². The molecule has 1 aliphatic rings. The van der Waals surface area contributed by atoms with Crippen LogP contribution in [0.4, 0.5) is 0 Å². The number of hydrogen-bond acceptors (Lipinski definition) is 7. The minimum absolute atomic E-state index is 0.212. The van der Waals surface area contributed by atoms with Crippen molar-refractivity contribution >= 4 is 84.5 Å². The molecule has 0 aliphatic carbocycles. The summed E-state index contributed by atoms with van der Waals surface area (Å²) in [4.78, 5) is 32.0. The Morgan fingerprint density at radius 3 is 2.61 bits per heavy atom. The molecule has 1 aliphatic heterocycles. The predicted molar refractivity (Wildman–Crippen MR) is 160 cm³/mol. The quantitative estimate of drug-likeness (QED) is 0.265. The zero-order valence-corrected chi connectivity index (χ0v) is 26.4. The van der Waals surface area contributed by atoms with E-state index in [9.17, 15) is 9.59 Å². The van der Waals surface area contributed by atoms with Gasteiger partial charge in [-0.1, -0.05) is 17.4 Å². The zero-order chi connectivity index (χ0) is 26.1. The molecular formula is C25H21BrI2N2O5S. The molecule has 0 spiro atoms. The van der Waals surface area contributed by atoms with Gasteiger partial charge in [0.05, 0.1) is 50.7 Å². The molecule has 0 saturated carbocycles. The highest BCUT2D eigenvalue weighted by Gasteiger charge is 2.33. The van der Waals surface area contributed by atoms with Crippen molar-refractivity contribution in [1.29, 1.82) is 0 Å². The fourth-order valence-corrected chi connectivity index (χ4v) is 7.71. The van der Waals surface area contributed by atoms with Crippen molar-refractivity contribution in [3.05, 3.63) is 84.0 Å². The van der Waals surface area contributed by atoms with E-state index in [2.05, 4.69) is 66.1 Å². The minimum Gasteiger partial charge on any atom is -0.496 e. The van der Waals surface area contributed by atoms with E-state index in [0.29, 0.717) is 36.6 Å². The van der Waals surface area contributed by atoms with Crippen LogP contribution < -0.4 is 24.4 Å². The van der Waals surface area contributed by atoms with E-state index in [1.807, 2.05) is 30.3 Å². The lowest BCUT2D eigenvalue weighted by Crippen LogP contribution is -2.40. The summed E-state index contributed by atoms with van der Waals surface area (Å²) in [6.07, 6.45) is 1.82. The highest BCUT2D eigenvalue weighted by atomic mass is 127. The largest absolute Gasteiger partial charge is 0.496 e. The van der Waals surface area contributed by atoms with Crippen LogP contribution in [0.3, 0.4) is 0 Å². The second-order valence-corrected chi connectivity index (χ2v) is 12.0. The lowest BCUT2D eigenvalue weighted by molar-refractivity contribution is -0.139. The molecule has 7 nitrogen and oxygen atoms in total. The molecule has 2 heterocycles. The van der Waals surface area contributed by atoms with Crippen LogP contribution in [0.5, 0.6) is 11.5 Å². The van der Waals surface area contributed by atoms with Crippen LogP contribution in [0.15, 0.2) is 55.9 Å². The molecule has 11 heteroatoms. The van der Waals surface area contributed by atoms with Crippen LogP contribution in [-0.4, -0.2) is 31.4 Å². The van der Waals surface area contributed by atoms with E-state index >= 15 is 0 Å². The number of methoxy groups -OCH3 is 2. The van der Waals surface area contributed by atoms with Gasteiger partial charge in [-0.25, -0.2) is 9.79 Å². The maximum Gasteiger partial charge on any atom is 0.338 e.